The van der Waals surface area contributed by atoms with Gasteiger partial charge in [0.2, 0.25) is 11.2 Å². The Morgan fingerprint density at radius 1 is 1.37 bits per heavy atom. The molecule has 0 saturated heterocycles. The van der Waals surface area contributed by atoms with Crippen LogP contribution in [0.1, 0.15) is 6.42 Å². The van der Waals surface area contributed by atoms with E-state index in [-0.39, 0.29) is 35.0 Å². The van der Waals surface area contributed by atoms with Crippen LogP contribution in [0.5, 0.6) is 0 Å². The number of hydrogen-bond donors (Lipinski definition) is 2. The van der Waals surface area contributed by atoms with E-state index in [2.05, 4.69) is 27.4 Å². The molecule has 1 aromatic heterocycles. The third-order valence-corrected chi connectivity index (χ3v) is 4.26. The van der Waals surface area contributed by atoms with E-state index in [9.17, 15) is 4.79 Å². The summed E-state index contributed by atoms with van der Waals surface area (Å²) >= 11 is 11.8. The molecule has 1 fully saturated rings. The third-order valence-electron chi connectivity index (χ3n) is 3.81. The van der Waals surface area contributed by atoms with Crippen LogP contribution in [-0.4, -0.2) is 21.9 Å². The number of nitrogens with two attached hydrogens (primary N) is 1. The minimum absolute atomic E-state index is 0.0871. The second kappa shape index (κ2) is 4.65. The number of primary amides is 1. The number of hydrogen-bond acceptors (Lipinski definition) is 4. The molecule has 0 unspecified atom stereocenters. The van der Waals surface area contributed by atoms with Crippen molar-refractivity contribution in [1.82, 2.24) is 9.97 Å². The first-order valence-electron chi connectivity index (χ1n) is 5.98. The van der Waals surface area contributed by atoms with Crippen LogP contribution < -0.4 is 11.1 Å². The molecule has 3 rings (SSSR count). The summed E-state index contributed by atoms with van der Waals surface area (Å²) in [7, 11) is 0. The molecule has 5 nitrogen and oxygen atoms in total. The molecular weight excluding hydrogens is 287 g/mol. The molecule has 19 heavy (non-hydrogen) atoms. The fourth-order valence-corrected chi connectivity index (χ4v) is 3.29. The molecule has 1 aromatic rings. The van der Waals surface area contributed by atoms with Crippen molar-refractivity contribution in [2.45, 2.75) is 12.5 Å². The quantitative estimate of drug-likeness (QED) is 0.659. The number of fused-ring (bicyclic) bond motifs is 2. The minimum Gasteiger partial charge on any atom is -0.369 e. The summed E-state index contributed by atoms with van der Waals surface area (Å²) in [6.07, 6.45) is 6.54. The number of rotatable bonds is 3. The maximum Gasteiger partial charge on any atom is 0.224 e. The fraction of sp³-hybridized carbons (Fsp3) is 0.417. The molecule has 2 aliphatic rings. The molecule has 7 heteroatoms. The zero-order valence-corrected chi connectivity index (χ0v) is 11.4. The van der Waals surface area contributed by atoms with Crippen LogP contribution in [0, 0.1) is 17.8 Å². The van der Waals surface area contributed by atoms with E-state index in [0.717, 1.165) is 6.42 Å². The molecule has 0 aliphatic heterocycles. The predicted molar refractivity (Wildman–Crippen MR) is 72.9 cm³/mol. The lowest BCUT2D eigenvalue weighted by Gasteiger charge is -2.27. The number of allylic oxidation sites excluding steroid dienone is 1. The van der Waals surface area contributed by atoms with E-state index in [0.29, 0.717) is 10.8 Å². The molecule has 1 heterocycles. The van der Waals surface area contributed by atoms with Gasteiger partial charge in [-0.3, -0.25) is 4.79 Å². The number of amides is 1. The highest BCUT2D eigenvalue weighted by molar-refractivity contribution is 6.33. The first kappa shape index (κ1) is 12.7. The predicted octanol–water partition coefficient (Wildman–Crippen LogP) is 1.87. The zero-order valence-electron chi connectivity index (χ0n) is 9.88. The summed E-state index contributed by atoms with van der Waals surface area (Å²) in [6, 6.07) is -0.0871. The third kappa shape index (κ3) is 2.17. The first-order chi connectivity index (χ1) is 9.06. The monoisotopic (exact) mass is 298 g/mol. The minimum atomic E-state index is -0.300. The van der Waals surface area contributed by atoms with Crippen LogP contribution in [0.2, 0.25) is 10.3 Å². The number of carbonyl (C=O) groups is 1. The van der Waals surface area contributed by atoms with Gasteiger partial charge in [0.05, 0.1) is 12.1 Å². The molecule has 100 valence electrons. The van der Waals surface area contributed by atoms with E-state index in [1.54, 1.807) is 0 Å². The molecule has 1 saturated carbocycles. The lowest BCUT2D eigenvalue weighted by molar-refractivity contribution is -0.122. The Kier molecular flexibility index (Phi) is 3.11. The van der Waals surface area contributed by atoms with E-state index in [4.69, 9.17) is 28.9 Å². The van der Waals surface area contributed by atoms with Gasteiger partial charge in [0.25, 0.3) is 0 Å². The molecule has 2 bridgehead atoms. The molecule has 2 aliphatic carbocycles. The highest BCUT2D eigenvalue weighted by Gasteiger charge is 2.47. The summed E-state index contributed by atoms with van der Waals surface area (Å²) in [6.45, 7) is 0. The molecule has 0 aromatic carbocycles. The van der Waals surface area contributed by atoms with Crippen molar-refractivity contribution in [3.05, 3.63) is 28.7 Å². The highest BCUT2D eigenvalue weighted by Crippen LogP contribution is 2.45. The molecule has 0 radical (unpaired) electrons. The first-order valence-corrected chi connectivity index (χ1v) is 6.74. The van der Waals surface area contributed by atoms with Crippen molar-refractivity contribution in [1.29, 1.82) is 0 Å². The Morgan fingerprint density at radius 2 is 2.11 bits per heavy atom. The van der Waals surface area contributed by atoms with Crippen LogP contribution in [0.3, 0.4) is 0 Å². The van der Waals surface area contributed by atoms with Gasteiger partial charge in [0, 0.05) is 6.04 Å². The summed E-state index contributed by atoms with van der Waals surface area (Å²) in [5.74, 6) is 0.382. The van der Waals surface area contributed by atoms with Gasteiger partial charge in [-0.15, -0.1) is 0 Å². The second-order valence-corrected chi connectivity index (χ2v) is 5.63. The molecule has 0 spiro atoms. The lowest BCUT2D eigenvalue weighted by Crippen LogP contribution is -2.41. The summed E-state index contributed by atoms with van der Waals surface area (Å²) in [4.78, 5) is 19.4. The molecular formula is C12H12Cl2N4O. The maximum absolute atomic E-state index is 11.6. The number of halogens is 2. The van der Waals surface area contributed by atoms with Crippen LogP contribution >= 0.6 is 23.2 Å². The van der Waals surface area contributed by atoms with Crippen LogP contribution in [0.25, 0.3) is 0 Å². The van der Waals surface area contributed by atoms with Crippen molar-refractivity contribution >= 4 is 34.9 Å². The maximum atomic E-state index is 11.6. The zero-order chi connectivity index (χ0) is 13.6. The largest absolute Gasteiger partial charge is 0.369 e. The Hall–Kier alpha value is -1.33. The van der Waals surface area contributed by atoms with Crippen LogP contribution in [0.15, 0.2) is 18.3 Å². The average molecular weight is 299 g/mol. The van der Waals surface area contributed by atoms with Crippen molar-refractivity contribution in [3.63, 3.8) is 0 Å². The number of aromatic nitrogens is 2. The molecule has 4 atom stereocenters. The Morgan fingerprint density at radius 3 is 2.84 bits per heavy atom. The number of carbonyl (C=O) groups excluding carboxylic acids is 1. The number of anilines is 1. The summed E-state index contributed by atoms with van der Waals surface area (Å²) in [5.41, 5.74) is 5.49. The summed E-state index contributed by atoms with van der Waals surface area (Å²) in [5, 5.41) is 3.68. The van der Waals surface area contributed by atoms with Crippen molar-refractivity contribution in [3.8, 4) is 0 Å². The standard InChI is InChI=1S/C12H12Cl2N4O/c13-7-4-16-12(14)18-11(7)17-9-6-2-1-5(3-6)8(9)10(15)19/h1-2,4-6,8-9H,3H2,(H2,15,19)(H,16,17,18)/t5-,6+,8-,9-/m1/s1. The van der Waals surface area contributed by atoms with E-state index in [1.165, 1.54) is 6.20 Å². The Labute approximate surface area is 120 Å². The van der Waals surface area contributed by atoms with Gasteiger partial charge in [-0.05, 0) is 29.9 Å². The van der Waals surface area contributed by atoms with Gasteiger partial charge >= 0.3 is 0 Å². The van der Waals surface area contributed by atoms with Gasteiger partial charge in [0.15, 0.2) is 0 Å². The Balaban J connectivity index is 1.88. The summed E-state index contributed by atoms with van der Waals surface area (Å²) < 4.78 is 0. The van der Waals surface area contributed by atoms with Gasteiger partial charge in [0.1, 0.15) is 10.8 Å². The van der Waals surface area contributed by atoms with E-state index >= 15 is 0 Å². The molecule has 1 amide bonds. The lowest BCUT2D eigenvalue weighted by atomic mass is 9.88. The van der Waals surface area contributed by atoms with Gasteiger partial charge in [-0.25, -0.2) is 4.98 Å². The normalized spacial score (nSPS) is 31.7. The average Bonchev–Trinajstić information content (AvgIpc) is 2.94. The second-order valence-electron chi connectivity index (χ2n) is 4.88. The number of nitrogens with zero attached hydrogens (tertiary/aromatic N) is 2. The van der Waals surface area contributed by atoms with E-state index in [1.807, 2.05) is 0 Å². The smallest absolute Gasteiger partial charge is 0.224 e. The molecule has 3 N–H and O–H groups in total. The van der Waals surface area contributed by atoms with Crippen LogP contribution in [-0.2, 0) is 4.79 Å². The van der Waals surface area contributed by atoms with Crippen molar-refractivity contribution in [2.24, 2.45) is 23.5 Å². The van der Waals surface area contributed by atoms with Crippen molar-refractivity contribution in [2.75, 3.05) is 5.32 Å². The highest BCUT2D eigenvalue weighted by atomic mass is 35.5. The topological polar surface area (TPSA) is 80.9 Å². The van der Waals surface area contributed by atoms with E-state index < -0.39 is 0 Å². The van der Waals surface area contributed by atoms with Crippen LogP contribution in [0.4, 0.5) is 5.82 Å². The van der Waals surface area contributed by atoms with Gasteiger partial charge < -0.3 is 11.1 Å². The SMILES string of the molecule is NC(=O)[C@H]1[C@H](Nc2nc(Cl)ncc2Cl)[C@H]2C=C[C@@H]1C2. The Bertz CT molecular complexity index is 563. The van der Waals surface area contributed by atoms with Gasteiger partial charge in [-0.2, -0.15) is 4.98 Å². The number of nitrogens with one attached hydrogen (secondary N) is 1. The fourth-order valence-electron chi connectivity index (χ4n) is 3.01. The van der Waals surface area contributed by atoms with Crippen molar-refractivity contribution < 1.29 is 4.79 Å². The van der Waals surface area contributed by atoms with Gasteiger partial charge in [-0.1, -0.05) is 23.8 Å².